The largest absolute Gasteiger partial charge is 0.488 e. The van der Waals surface area contributed by atoms with Crippen LogP contribution < -0.4 is 10.1 Å². The minimum absolute atomic E-state index is 0.0739. The van der Waals surface area contributed by atoms with Crippen molar-refractivity contribution < 1.29 is 9.53 Å². The van der Waals surface area contributed by atoms with Crippen LogP contribution in [-0.4, -0.2) is 38.0 Å². The maximum Gasteiger partial charge on any atom is 0.220 e. The molecule has 1 aliphatic heterocycles. The number of fused-ring (bicyclic) bond motifs is 1. The van der Waals surface area contributed by atoms with Crippen molar-refractivity contribution in [1.29, 1.82) is 0 Å². The molecule has 2 atom stereocenters. The van der Waals surface area contributed by atoms with Gasteiger partial charge < -0.3 is 10.1 Å². The third-order valence-corrected chi connectivity index (χ3v) is 5.06. The molecule has 7 heteroatoms. The van der Waals surface area contributed by atoms with Crippen molar-refractivity contribution in [2.24, 2.45) is 5.92 Å². The Labute approximate surface area is 158 Å². The Balaban J connectivity index is 1.67. The van der Waals surface area contributed by atoms with E-state index in [9.17, 15) is 4.79 Å². The molecule has 0 aromatic carbocycles. The summed E-state index contributed by atoms with van der Waals surface area (Å²) in [6.07, 6.45) is 8.08. The molecule has 0 spiro atoms. The first-order valence-corrected chi connectivity index (χ1v) is 9.27. The van der Waals surface area contributed by atoms with Crippen LogP contribution in [0.5, 0.6) is 5.75 Å². The van der Waals surface area contributed by atoms with Crippen molar-refractivity contribution in [3.63, 3.8) is 0 Å². The average Bonchev–Trinajstić information content (AvgIpc) is 3.33. The second kappa shape index (κ2) is 6.40. The highest BCUT2D eigenvalue weighted by atomic mass is 16.5. The molecule has 1 fully saturated rings. The van der Waals surface area contributed by atoms with Crippen LogP contribution in [0.25, 0.3) is 16.6 Å². The van der Waals surface area contributed by atoms with Crippen molar-refractivity contribution >= 4 is 11.4 Å². The van der Waals surface area contributed by atoms with Crippen molar-refractivity contribution in [2.45, 2.75) is 45.8 Å². The van der Waals surface area contributed by atoms with E-state index in [0.29, 0.717) is 13.0 Å². The summed E-state index contributed by atoms with van der Waals surface area (Å²) in [4.78, 5) is 11.5. The SMILES string of the molecule is C[C@@H](Oc1cc(-c2cnn(C(C)(C)C)c2)cn2nccc12)C1CNC(=O)C1. The third kappa shape index (κ3) is 3.41. The molecule has 1 unspecified atom stereocenters. The lowest BCUT2D eigenvalue weighted by Crippen LogP contribution is -2.25. The fourth-order valence-corrected chi connectivity index (χ4v) is 3.34. The number of pyridine rings is 1. The number of amides is 1. The monoisotopic (exact) mass is 367 g/mol. The summed E-state index contributed by atoms with van der Waals surface area (Å²) in [6.45, 7) is 9.03. The van der Waals surface area contributed by atoms with E-state index in [1.54, 1.807) is 6.20 Å². The topological polar surface area (TPSA) is 73.5 Å². The second-order valence-corrected chi connectivity index (χ2v) is 8.19. The predicted octanol–water partition coefficient (Wildman–Crippen LogP) is 2.86. The lowest BCUT2D eigenvalue weighted by Gasteiger charge is -2.20. The molecule has 1 aliphatic rings. The van der Waals surface area contributed by atoms with Crippen LogP contribution in [0.1, 0.15) is 34.1 Å². The molecule has 0 saturated carbocycles. The molecule has 1 amide bonds. The van der Waals surface area contributed by atoms with Crippen LogP contribution in [0.3, 0.4) is 0 Å². The summed E-state index contributed by atoms with van der Waals surface area (Å²) in [6, 6.07) is 3.96. The second-order valence-electron chi connectivity index (χ2n) is 8.19. The van der Waals surface area contributed by atoms with Gasteiger partial charge >= 0.3 is 0 Å². The maximum absolute atomic E-state index is 11.5. The number of rotatable bonds is 4. The van der Waals surface area contributed by atoms with E-state index in [1.165, 1.54) is 0 Å². The Kier molecular flexibility index (Phi) is 4.17. The molecule has 27 heavy (non-hydrogen) atoms. The molecule has 7 nitrogen and oxygen atoms in total. The van der Waals surface area contributed by atoms with E-state index in [0.717, 1.165) is 22.4 Å². The average molecular weight is 367 g/mol. The molecule has 142 valence electrons. The highest BCUT2D eigenvalue weighted by Crippen LogP contribution is 2.30. The normalized spacial score (nSPS) is 18.7. The third-order valence-electron chi connectivity index (χ3n) is 5.06. The Morgan fingerprint density at radius 2 is 2.07 bits per heavy atom. The van der Waals surface area contributed by atoms with Gasteiger partial charge in [0.15, 0.2) is 0 Å². The molecular weight excluding hydrogens is 342 g/mol. The van der Waals surface area contributed by atoms with Crippen LogP contribution in [0.2, 0.25) is 0 Å². The summed E-state index contributed by atoms with van der Waals surface area (Å²) < 4.78 is 10.1. The maximum atomic E-state index is 11.5. The number of carbonyl (C=O) groups is 1. The van der Waals surface area contributed by atoms with E-state index in [2.05, 4.69) is 36.3 Å². The summed E-state index contributed by atoms with van der Waals surface area (Å²) in [5, 5.41) is 11.7. The molecule has 3 aromatic rings. The van der Waals surface area contributed by atoms with Crippen LogP contribution in [0, 0.1) is 5.92 Å². The number of ether oxygens (including phenoxy) is 1. The fraction of sp³-hybridized carbons (Fsp3) is 0.450. The van der Waals surface area contributed by atoms with E-state index in [1.807, 2.05) is 46.8 Å². The van der Waals surface area contributed by atoms with Gasteiger partial charge in [0.25, 0.3) is 0 Å². The molecule has 3 aromatic heterocycles. The Bertz CT molecular complexity index is 982. The fourth-order valence-electron chi connectivity index (χ4n) is 3.34. The Hall–Kier alpha value is -2.83. The van der Waals surface area contributed by atoms with Gasteiger partial charge in [-0.15, -0.1) is 0 Å². The highest BCUT2D eigenvalue weighted by Gasteiger charge is 2.28. The first-order chi connectivity index (χ1) is 12.8. The minimum atomic E-state index is -0.0795. The Morgan fingerprint density at radius 1 is 1.26 bits per heavy atom. The van der Waals surface area contributed by atoms with Gasteiger partial charge in [-0.2, -0.15) is 10.2 Å². The molecule has 4 rings (SSSR count). The smallest absolute Gasteiger partial charge is 0.220 e. The number of nitrogens with zero attached hydrogens (tertiary/aromatic N) is 4. The molecule has 0 aliphatic carbocycles. The zero-order valence-corrected chi connectivity index (χ0v) is 16.1. The number of aromatic nitrogens is 4. The standard InChI is InChI=1S/C20H25N5O2/c1-13(14-8-19(26)21-9-14)27-18-7-15(11-24-17(18)5-6-22-24)16-10-23-25(12-16)20(2,3)4/h5-7,10-14H,8-9H2,1-4H3,(H,21,26)/t13-,14?/m1/s1. The number of nitrogens with one attached hydrogen (secondary N) is 1. The van der Waals surface area contributed by atoms with Crippen LogP contribution in [0.15, 0.2) is 36.9 Å². The lowest BCUT2D eigenvalue weighted by atomic mass is 10.0. The van der Waals surface area contributed by atoms with Crippen molar-refractivity contribution in [3.05, 3.63) is 36.9 Å². The van der Waals surface area contributed by atoms with Crippen LogP contribution in [0.4, 0.5) is 0 Å². The van der Waals surface area contributed by atoms with Crippen molar-refractivity contribution in [3.8, 4) is 16.9 Å². The molecule has 1 saturated heterocycles. The zero-order chi connectivity index (χ0) is 19.2. The van der Waals surface area contributed by atoms with Crippen LogP contribution >= 0.6 is 0 Å². The van der Waals surface area contributed by atoms with Gasteiger partial charge in [-0.3, -0.25) is 9.48 Å². The van der Waals surface area contributed by atoms with E-state index < -0.39 is 0 Å². The quantitative estimate of drug-likeness (QED) is 0.770. The summed E-state index contributed by atoms with van der Waals surface area (Å²) >= 11 is 0. The van der Waals surface area contributed by atoms with Crippen LogP contribution in [-0.2, 0) is 10.3 Å². The van der Waals surface area contributed by atoms with Gasteiger partial charge in [0.05, 0.1) is 17.9 Å². The van der Waals surface area contributed by atoms with Gasteiger partial charge in [-0.05, 0) is 39.8 Å². The molecule has 0 bridgehead atoms. The summed E-state index contributed by atoms with van der Waals surface area (Å²) in [5.41, 5.74) is 2.83. The minimum Gasteiger partial charge on any atom is -0.488 e. The van der Waals surface area contributed by atoms with Gasteiger partial charge in [0.2, 0.25) is 5.91 Å². The van der Waals surface area contributed by atoms with E-state index >= 15 is 0 Å². The number of hydrogen-bond donors (Lipinski definition) is 1. The number of hydrogen-bond acceptors (Lipinski definition) is 4. The first kappa shape index (κ1) is 17.6. The molecular formula is C20H25N5O2. The number of carbonyl (C=O) groups excluding carboxylic acids is 1. The summed E-state index contributed by atoms with van der Waals surface area (Å²) in [5.74, 6) is 1.03. The molecule has 4 heterocycles. The van der Waals surface area contributed by atoms with Gasteiger partial charge in [-0.25, -0.2) is 4.52 Å². The zero-order valence-electron chi connectivity index (χ0n) is 16.1. The first-order valence-electron chi connectivity index (χ1n) is 9.27. The Morgan fingerprint density at radius 3 is 2.74 bits per heavy atom. The molecule has 1 N–H and O–H groups in total. The highest BCUT2D eigenvalue weighted by molar-refractivity contribution is 5.78. The predicted molar refractivity (Wildman–Crippen MR) is 103 cm³/mol. The van der Waals surface area contributed by atoms with Crippen molar-refractivity contribution in [2.75, 3.05) is 6.54 Å². The van der Waals surface area contributed by atoms with Gasteiger partial charge in [0.1, 0.15) is 17.4 Å². The summed E-state index contributed by atoms with van der Waals surface area (Å²) in [7, 11) is 0. The van der Waals surface area contributed by atoms with Gasteiger partial charge in [0, 0.05) is 42.4 Å². The van der Waals surface area contributed by atoms with E-state index in [4.69, 9.17) is 4.74 Å². The van der Waals surface area contributed by atoms with Crippen molar-refractivity contribution in [1.82, 2.24) is 24.7 Å². The molecule has 0 radical (unpaired) electrons. The van der Waals surface area contributed by atoms with E-state index in [-0.39, 0.29) is 23.5 Å². The lowest BCUT2D eigenvalue weighted by molar-refractivity contribution is -0.119. The van der Waals surface area contributed by atoms with Gasteiger partial charge in [-0.1, -0.05) is 0 Å².